The molecule has 0 spiro atoms. The molecule has 0 bridgehead atoms. The maximum absolute atomic E-state index is 12.4. The molecule has 134 valence electrons. The third-order valence-electron chi connectivity index (χ3n) is 4.54. The average Bonchev–Trinajstić information content (AvgIpc) is 2.68. The topological polar surface area (TPSA) is 72.0 Å². The molecule has 0 aliphatic rings. The molecule has 1 heterocycles. The van der Waals surface area contributed by atoms with Gasteiger partial charge in [-0.1, -0.05) is 54.6 Å². The van der Waals surface area contributed by atoms with E-state index in [2.05, 4.69) is 9.97 Å². The maximum atomic E-state index is 12.4. The van der Waals surface area contributed by atoms with Crippen LogP contribution in [-0.4, -0.2) is 15.9 Å². The number of fused-ring (bicyclic) bond motifs is 2. The summed E-state index contributed by atoms with van der Waals surface area (Å²) in [5, 5.41) is 2.62. The zero-order valence-corrected chi connectivity index (χ0v) is 14.8. The van der Waals surface area contributed by atoms with Crippen molar-refractivity contribution in [2.75, 3.05) is 0 Å². The number of nitrogens with one attached hydrogen (secondary N) is 1. The van der Waals surface area contributed by atoms with E-state index in [9.17, 15) is 9.59 Å². The van der Waals surface area contributed by atoms with Crippen molar-refractivity contribution in [2.45, 2.75) is 19.4 Å². The smallest absolute Gasteiger partial charge is 0.310 e. The molecule has 0 aliphatic carbocycles. The minimum atomic E-state index is -0.648. The fraction of sp³-hybridized carbons (Fsp3) is 0.136. The van der Waals surface area contributed by atoms with Crippen molar-refractivity contribution >= 4 is 27.6 Å². The van der Waals surface area contributed by atoms with Crippen LogP contribution < -0.4 is 5.56 Å². The molecular formula is C22H18N2O3. The SMILES string of the molecule is C[C@H](OC(=O)Cc1cccc2ccccc12)c1nc2ccccc2c(=O)[nH]1. The fourth-order valence-electron chi connectivity index (χ4n) is 3.19. The predicted molar refractivity (Wildman–Crippen MR) is 105 cm³/mol. The monoisotopic (exact) mass is 358 g/mol. The molecule has 1 atom stereocenters. The quantitative estimate of drug-likeness (QED) is 0.561. The Kier molecular flexibility index (Phi) is 4.42. The number of carbonyl (C=O) groups is 1. The van der Waals surface area contributed by atoms with Gasteiger partial charge in [-0.15, -0.1) is 0 Å². The highest BCUT2D eigenvalue weighted by Crippen LogP contribution is 2.21. The van der Waals surface area contributed by atoms with Crippen LogP contribution in [0, 0.1) is 0 Å². The van der Waals surface area contributed by atoms with Crippen LogP contribution in [0.4, 0.5) is 0 Å². The number of carbonyl (C=O) groups excluding carboxylic acids is 1. The van der Waals surface area contributed by atoms with Gasteiger partial charge in [-0.3, -0.25) is 9.59 Å². The molecule has 4 rings (SSSR count). The van der Waals surface area contributed by atoms with E-state index in [0.29, 0.717) is 16.7 Å². The molecule has 27 heavy (non-hydrogen) atoms. The number of hydrogen-bond donors (Lipinski definition) is 1. The molecule has 5 nitrogen and oxygen atoms in total. The second-order valence-corrected chi connectivity index (χ2v) is 6.42. The van der Waals surface area contributed by atoms with E-state index in [1.165, 1.54) is 0 Å². The molecular weight excluding hydrogens is 340 g/mol. The van der Waals surface area contributed by atoms with Crippen molar-refractivity contribution in [2.24, 2.45) is 0 Å². The molecule has 1 aromatic heterocycles. The fourth-order valence-corrected chi connectivity index (χ4v) is 3.19. The zero-order chi connectivity index (χ0) is 18.8. The van der Waals surface area contributed by atoms with Gasteiger partial charge in [0.15, 0.2) is 11.9 Å². The van der Waals surface area contributed by atoms with E-state index in [1.807, 2.05) is 48.5 Å². The number of H-pyrrole nitrogens is 1. The number of nitrogens with zero attached hydrogens (tertiary/aromatic N) is 1. The van der Waals surface area contributed by atoms with Gasteiger partial charge in [-0.2, -0.15) is 0 Å². The normalized spacial score (nSPS) is 12.2. The number of hydrogen-bond acceptors (Lipinski definition) is 4. The summed E-state index contributed by atoms with van der Waals surface area (Å²) in [5.41, 5.74) is 1.24. The van der Waals surface area contributed by atoms with Crippen LogP contribution in [0.15, 0.2) is 71.5 Å². The van der Waals surface area contributed by atoms with Gasteiger partial charge in [0.25, 0.3) is 5.56 Å². The van der Waals surface area contributed by atoms with Crippen molar-refractivity contribution in [3.05, 3.63) is 88.5 Å². The van der Waals surface area contributed by atoms with Gasteiger partial charge < -0.3 is 9.72 Å². The summed E-state index contributed by atoms with van der Waals surface area (Å²) in [6.07, 6.45) is -0.492. The number of aromatic amines is 1. The van der Waals surface area contributed by atoms with Gasteiger partial charge in [-0.25, -0.2) is 4.98 Å². The molecule has 4 aromatic rings. The Morgan fingerprint density at radius 2 is 1.70 bits per heavy atom. The lowest BCUT2D eigenvalue weighted by Crippen LogP contribution is -2.18. The Bertz CT molecular complexity index is 1190. The van der Waals surface area contributed by atoms with E-state index < -0.39 is 6.10 Å². The summed E-state index contributed by atoms with van der Waals surface area (Å²) in [7, 11) is 0. The van der Waals surface area contributed by atoms with Crippen LogP contribution in [0.5, 0.6) is 0 Å². The van der Waals surface area contributed by atoms with Crippen molar-refractivity contribution < 1.29 is 9.53 Å². The molecule has 0 saturated heterocycles. The molecule has 1 N–H and O–H groups in total. The molecule has 3 aromatic carbocycles. The predicted octanol–water partition coefficient (Wildman–Crippen LogP) is 3.92. The average molecular weight is 358 g/mol. The van der Waals surface area contributed by atoms with E-state index in [1.54, 1.807) is 25.1 Å². The summed E-state index contributed by atoms with van der Waals surface area (Å²) < 4.78 is 5.52. The van der Waals surface area contributed by atoms with Crippen LogP contribution in [0.3, 0.4) is 0 Å². The number of rotatable bonds is 4. The van der Waals surface area contributed by atoms with Crippen molar-refractivity contribution in [3.8, 4) is 0 Å². The molecule has 0 aliphatic heterocycles. The number of ether oxygens (including phenoxy) is 1. The standard InChI is InChI=1S/C22H18N2O3/c1-14(21-23-19-12-5-4-11-18(19)22(26)24-21)27-20(25)13-16-9-6-8-15-7-2-3-10-17(15)16/h2-12,14H,13H2,1H3,(H,23,24,26)/t14-/m0/s1. The highest BCUT2D eigenvalue weighted by molar-refractivity contribution is 5.89. The molecule has 0 amide bonds. The Morgan fingerprint density at radius 3 is 2.56 bits per heavy atom. The van der Waals surface area contributed by atoms with Gasteiger partial charge >= 0.3 is 5.97 Å². The summed E-state index contributed by atoms with van der Waals surface area (Å²) in [6, 6.07) is 20.8. The lowest BCUT2D eigenvalue weighted by molar-refractivity contribution is -0.148. The van der Waals surface area contributed by atoms with Crippen molar-refractivity contribution in [3.63, 3.8) is 0 Å². The van der Waals surface area contributed by atoms with E-state index in [4.69, 9.17) is 4.74 Å². The van der Waals surface area contributed by atoms with Crippen LogP contribution in [0.2, 0.25) is 0 Å². The maximum Gasteiger partial charge on any atom is 0.310 e. The Balaban J connectivity index is 1.55. The third kappa shape index (κ3) is 3.44. The van der Waals surface area contributed by atoms with Crippen LogP contribution in [0.25, 0.3) is 21.7 Å². The first-order chi connectivity index (χ1) is 13.1. The zero-order valence-electron chi connectivity index (χ0n) is 14.8. The van der Waals surface area contributed by atoms with Crippen molar-refractivity contribution in [1.82, 2.24) is 9.97 Å². The van der Waals surface area contributed by atoms with E-state index >= 15 is 0 Å². The Morgan fingerprint density at radius 1 is 1.00 bits per heavy atom. The first-order valence-electron chi connectivity index (χ1n) is 8.77. The highest BCUT2D eigenvalue weighted by Gasteiger charge is 2.16. The largest absolute Gasteiger partial charge is 0.454 e. The third-order valence-corrected chi connectivity index (χ3v) is 4.54. The second kappa shape index (κ2) is 7.03. The molecule has 0 radical (unpaired) electrons. The second-order valence-electron chi connectivity index (χ2n) is 6.42. The van der Waals surface area contributed by atoms with Crippen molar-refractivity contribution in [1.29, 1.82) is 0 Å². The Hall–Kier alpha value is -3.47. The minimum absolute atomic E-state index is 0.156. The van der Waals surface area contributed by atoms with Crippen LogP contribution in [-0.2, 0) is 16.0 Å². The van der Waals surface area contributed by atoms with Gasteiger partial charge in [-0.05, 0) is 35.4 Å². The number of para-hydroxylation sites is 1. The number of aromatic nitrogens is 2. The molecule has 0 unspecified atom stereocenters. The van der Waals surface area contributed by atoms with Gasteiger partial charge in [0.2, 0.25) is 0 Å². The first kappa shape index (κ1) is 17.0. The summed E-state index contributed by atoms with van der Waals surface area (Å²) >= 11 is 0. The minimum Gasteiger partial charge on any atom is -0.454 e. The lowest BCUT2D eigenvalue weighted by Gasteiger charge is -2.14. The van der Waals surface area contributed by atoms with Gasteiger partial charge in [0.05, 0.1) is 17.3 Å². The van der Waals surface area contributed by atoms with Crippen LogP contribution >= 0.6 is 0 Å². The van der Waals surface area contributed by atoms with E-state index in [0.717, 1.165) is 16.3 Å². The Labute approximate surface area is 155 Å². The first-order valence-corrected chi connectivity index (χ1v) is 8.77. The van der Waals surface area contributed by atoms with Gasteiger partial charge in [0.1, 0.15) is 0 Å². The summed E-state index contributed by atoms with van der Waals surface area (Å²) in [6.45, 7) is 1.70. The highest BCUT2D eigenvalue weighted by atomic mass is 16.5. The summed E-state index contributed by atoms with van der Waals surface area (Å²) in [5.74, 6) is -0.0281. The van der Waals surface area contributed by atoms with Gasteiger partial charge in [0, 0.05) is 0 Å². The lowest BCUT2D eigenvalue weighted by atomic mass is 10.0. The molecule has 0 fully saturated rings. The number of benzene rings is 3. The molecule has 5 heteroatoms. The number of esters is 1. The van der Waals surface area contributed by atoms with Crippen LogP contribution in [0.1, 0.15) is 24.4 Å². The summed E-state index contributed by atoms with van der Waals surface area (Å²) in [4.78, 5) is 31.8. The molecule has 0 saturated carbocycles. The van der Waals surface area contributed by atoms with E-state index in [-0.39, 0.29) is 17.9 Å².